The van der Waals surface area contributed by atoms with Gasteiger partial charge in [-0.1, -0.05) is 18.2 Å². The first-order chi connectivity index (χ1) is 11.4. The van der Waals surface area contributed by atoms with E-state index in [1.807, 2.05) is 31.2 Å². The number of carbonyl (C=O) groups excluding carboxylic acids is 1. The molecule has 0 fully saturated rings. The molecule has 0 aromatic heterocycles. The Balaban J connectivity index is 2.06. The van der Waals surface area contributed by atoms with Crippen LogP contribution < -0.4 is 15.2 Å². The quantitative estimate of drug-likeness (QED) is 0.785. The molecule has 0 aliphatic rings. The molecule has 3 N–H and O–H groups in total. The summed E-state index contributed by atoms with van der Waals surface area (Å²) >= 11 is 0. The predicted octanol–water partition coefficient (Wildman–Crippen LogP) is 2.38. The van der Waals surface area contributed by atoms with Crippen LogP contribution >= 0.6 is 0 Å². The molecular weight excluding hydrogens is 328 g/mol. The Labute approximate surface area is 141 Å². The number of amides is 1. The third-order valence-electron chi connectivity index (χ3n) is 3.08. The molecule has 1 amide bonds. The first-order valence-corrected chi connectivity index (χ1v) is 8.78. The van der Waals surface area contributed by atoms with Crippen LogP contribution in [0.25, 0.3) is 6.08 Å². The first kappa shape index (κ1) is 17.7. The van der Waals surface area contributed by atoms with Gasteiger partial charge in [-0.3, -0.25) is 4.79 Å². The van der Waals surface area contributed by atoms with Gasteiger partial charge >= 0.3 is 0 Å². The summed E-state index contributed by atoms with van der Waals surface area (Å²) in [5.74, 6) is 0.353. The van der Waals surface area contributed by atoms with E-state index in [0.717, 1.165) is 5.56 Å². The van der Waals surface area contributed by atoms with E-state index in [-0.39, 0.29) is 10.8 Å². The van der Waals surface area contributed by atoms with Crippen LogP contribution in [-0.2, 0) is 14.8 Å². The van der Waals surface area contributed by atoms with Gasteiger partial charge < -0.3 is 10.1 Å². The molecule has 0 saturated carbocycles. The van der Waals surface area contributed by atoms with Gasteiger partial charge in [-0.15, -0.1) is 0 Å². The van der Waals surface area contributed by atoms with E-state index in [0.29, 0.717) is 18.0 Å². The summed E-state index contributed by atoms with van der Waals surface area (Å²) in [6, 6.07) is 13.0. The maximum atomic E-state index is 12.0. The maximum Gasteiger partial charge on any atom is 0.248 e. The van der Waals surface area contributed by atoms with Gasteiger partial charge in [-0.25, -0.2) is 13.6 Å². The number of nitrogens with two attached hydrogens (primary N) is 1. The van der Waals surface area contributed by atoms with Crippen molar-refractivity contribution >= 4 is 27.7 Å². The number of ether oxygens (including phenoxy) is 1. The van der Waals surface area contributed by atoms with Gasteiger partial charge in [0.1, 0.15) is 5.75 Å². The van der Waals surface area contributed by atoms with Crippen LogP contribution in [-0.4, -0.2) is 20.9 Å². The fourth-order valence-electron chi connectivity index (χ4n) is 1.98. The van der Waals surface area contributed by atoms with Crippen LogP contribution in [0, 0.1) is 0 Å². The lowest BCUT2D eigenvalue weighted by atomic mass is 10.2. The van der Waals surface area contributed by atoms with E-state index in [2.05, 4.69) is 5.32 Å². The van der Waals surface area contributed by atoms with E-state index < -0.39 is 10.0 Å². The van der Waals surface area contributed by atoms with Crippen LogP contribution in [0.15, 0.2) is 59.5 Å². The molecule has 6 nitrogen and oxygen atoms in total. The lowest BCUT2D eigenvalue weighted by Crippen LogP contribution is -2.12. The van der Waals surface area contributed by atoms with Gasteiger partial charge in [-0.05, 0) is 43.3 Å². The number of hydrogen-bond acceptors (Lipinski definition) is 4. The molecule has 7 heteroatoms. The molecule has 0 bridgehead atoms. The summed E-state index contributed by atoms with van der Waals surface area (Å²) in [7, 11) is -3.75. The predicted molar refractivity (Wildman–Crippen MR) is 93.1 cm³/mol. The SMILES string of the molecule is CCOc1ccccc1/C=C/C(=O)Nc1ccc(S(N)(=O)=O)cc1. The highest BCUT2D eigenvalue weighted by Gasteiger charge is 2.07. The van der Waals surface area contributed by atoms with Crippen molar-refractivity contribution in [3.63, 3.8) is 0 Å². The van der Waals surface area contributed by atoms with Gasteiger partial charge in [0.15, 0.2) is 0 Å². The molecule has 2 aromatic carbocycles. The fourth-order valence-corrected chi connectivity index (χ4v) is 2.50. The van der Waals surface area contributed by atoms with Crippen molar-refractivity contribution < 1.29 is 17.9 Å². The molecular formula is C17H18N2O4S. The molecule has 0 spiro atoms. The number of hydrogen-bond donors (Lipinski definition) is 2. The molecule has 24 heavy (non-hydrogen) atoms. The Kier molecular flexibility index (Phi) is 5.73. The zero-order valence-corrected chi connectivity index (χ0v) is 13.9. The smallest absolute Gasteiger partial charge is 0.248 e. The van der Waals surface area contributed by atoms with E-state index in [1.165, 1.54) is 30.3 Å². The fraction of sp³-hybridized carbons (Fsp3) is 0.118. The van der Waals surface area contributed by atoms with Crippen LogP contribution in [0.5, 0.6) is 5.75 Å². The Hall–Kier alpha value is -2.64. The zero-order valence-electron chi connectivity index (χ0n) is 13.1. The Morgan fingerprint density at radius 3 is 2.46 bits per heavy atom. The topological polar surface area (TPSA) is 98.5 Å². The van der Waals surface area contributed by atoms with Crippen LogP contribution in [0.3, 0.4) is 0 Å². The highest BCUT2D eigenvalue weighted by molar-refractivity contribution is 7.89. The van der Waals surface area contributed by atoms with Crippen molar-refractivity contribution in [2.24, 2.45) is 5.14 Å². The molecule has 126 valence electrons. The average molecular weight is 346 g/mol. The molecule has 0 unspecified atom stereocenters. The second-order valence-electron chi connectivity index (χ2n) is 4.86. The number of rotatable bonds is 6. The summed E-state index contributed by atoms with van der Waals surface area (Å²) in [6.45, 7) is 2.42. The number of benzene rings is 2. The average Bonchev–Trinajstić information content (AvgIpc) is 2.54. The number of carbonyl (C=O) groups is 1. The summed E-state index contributed by atoms with van der Waals surface area (Å²) in [4.78, 5) is 11.9. The Morgan fingerprint density at radius 1 is 1.17 bits per heavy atom. The molecule has 2 aromatic rings. The second kappa shape index (κ2) is 7.76. The monoisotopic (exact) mass is 346 g/mol. The third kappa shape index (κ3) is 4.94. The molecule has 2 rings (SSSR count). The van der Waals surface area contributed by atoms with Gasteiger partial charge in [0, 0.05) is 17.3 Å². The molecule has 0 aliphatic carbocycles. The third-order valence-corrected chi connectivity index (χ3v) is 4.01. The standard InChI is InChI=1S/C17H18N2O4S/c1-2-23-16-6-4-3-5-13(16)7-12-17(20)19-14-8-10-15(11-9-14)24(18,21)22/h3-12H,2H2,1H3,(H,19,20)(H2,18,21,22)/b12-7+. The van der Waals surface area contributed by atoms with Crippen molar-refractivity contribution in [2.45, 2.75) is 11.8 Å². The van der Waals surface area contributed by atoms with Crippen LogP contribution in [0.1, 0.15) is 12.5 Å². The molecule has 0 aliphatic heterocycles. The molecule has 0 saturated heterocycles. The number of anilines is 1. The summed E-state index contributed by atoms with van der Waals surface area (Å²) in [5.41, 5.74) is 1.26. The van der Waals surface area contributed by atoms with Crippen molar-refractivity contribution in [3.8, 4) is 5.75 Å². The van der Waals surface area contributed by atoms with Gasteiger partial charge in [0.2, 0.25) is 15.9 Å². The summed E-state index contributed by atoms with van der Waals surface area (Å²) in [5, 5.41) is 7.66. The van der Waals surface area contributed by atoms with Crippen molar-refractivity contribution in [2.75, 3.05) is 11.9 Å². The number of sulfonamides is 1. The number of para-hydroxylation sites is 1. The summed E-state index contributed by atoms with van der Waals surface area (Å²) < 4.78 is 27.8. The van der Waals surface area contributed by atoms with Gasteiger partial charge in [-0.2, -0.15) is 0 Å². The van der Waals surface area contributed by atoms with E-state index >= 15 is 0 Å². The van der Waals surface area contributed by atoms with Crippen LogP contribution in [0.2, 0.25) is 0 Å². The lowest BCUT2D eigenvalue weighted by molar-refractivity contribution is -0.111. The van der Waals surface area contributed by atoms with Crippen LogP contribution in [0.4, 0.5) is 5.69 Å². The van der Waals surface area contributed by atoms with E-state index in [4.69, 9.17) is 9.88 Å². The molecule has 0 heterocycles. The molecule has 0 atom stereocenters. The van der Waals surface area contributed by atoms with E-state index in [1.54, 1.807) is 6.08 Å². The highest BCUT2D eigenvalue weighted by Crippen LogP contribution is 2.19. The minimum absolute atomic E-state index is 0.0123. The molecule has 0 radical (unpaired) electrons. The Morgan fingerprint density at radius 2 is 1.83 bits per heavy atom. The van der Waals surface area contributed by atoms with Crippen molar-refractivity contribution in [1.82, 2.24) is 0 Å². The van der Waals surface area contributed by atoms with Gasteiger partial charge in [0.25, 0.3) is 0 Å². The van der Waals surface area contributed by atoms with Gasteiger partial charge in [0.05, 0.1) is 11.5 Å². The minimum atomic E-state index is -3.75. The first-order valence-electron chi connectivity index (χ1n) is 7.24. The zero-order chi connectivity index (χ0) is 17.6. The number of nitrogens with one attached hydrogen (secondary N) is 1. The van der Waals surface area contributed by atoms with E-state index in [9.17, 15) is 13.2 Å². The second-order valence-corrected chi connectivity index (χ2v) is 6.42. The lowest BCUT2D eigenvalue weighted by Gasteiger charge is -2.06. The number of primary sulfonamides is 1. The minimum Gasteiger partial charge on any atom is -0.493 e. The maximum absolute atomic E-state index is 12.0. The van der Waals surface area contributed by atoms with Crippen molar-refractivity contribution in [3.05, 3.63) is 60.2 Å². The Bertz CT molecular complexity index is 843. The largest absolute Gasteiger partial charge is 0.493 e. The van der Waals surface area contributed by atoms with Crippen molar-refractivity contribution in [1.29, 1.82) is 0 Å². The normalized spacial score (nSPS) is 11.4. The summed E-state index contributed by atoms with van der Waals surface area (Å²) in [6.07, 6.45) is 3.03. The highest BCUT2D eigenvalue weighted by atomic mass is 32.2.